The zero-order valence-corrected chi connectivity index (χ0v) is 19.1. The van der Waals surface area contributed by atoms with Crippen molar-refractivity contribution in [2.24, 2.45) is 5.10 Å². The van der Waals surface area contributed by atoms with E-state index in [1.54, 1.807) is 0 Å². The molecule has 1 aromatic heterocycles. The van der Waals surface area contributed by atoms with Crippen molar-refractivity contribution < 1.29 is 9.53 Å². The molecule has 0 unspecified atom stereocenters. The number of rotatable bonds is 5. The number of nitrogens with zero attached hydrogens (tertiary/aromatic N) is 2. The molecule has 0 aliphatic rings. The van der Waals surface area contributed by atoms with E-state index in [0.29, 0.717) is 25.4 Å². The van der Waals surface area contributed by atoms with Crippen molar-refractivity contribution in [2.45, 2.75) is 0 Å². The van der Waals surface area contributed by atoms with Crippen LogP contribution in [0.3, 0.4) is 0 Å². The Morgan fingerprint density at radius 2 is 1.89 bits per heavy atom. The average Bonchev–Trinajstić information content (AvgIpc) is 2.61. The minimum atomic E-state index is -0.405. The van der Waals surface area contributed by atoms with Crippen LogP contribution >= 0.6 is 59.4 Å². The van der Waals surface area contributed by atoms with E-state index >= 15 is 0 Å². The van der Waals surface area contributed by atoms with Crippen LogP contribution in [0, 0.1) is 0 Å². The number of halogens is 4. The van der Waals surface area contributed by atoms with Crippen molar-refractivity contribution in [1.29, 1.82) is 0 Å². The maximum absolute atomic E-state index is 12.0. The molecule has 0 radical (unpaired) electrons. The Morgan fingerprint density at radius 1 is 1.19 bits per heavy atom. The minimum absolute atomic E-state index is 0.195. The molecule has 0 atom stereocenters. The number of carbonyl (C=O) groups excluding carboxylic acids is 1. The first kappa shape index (κ1) is 20.3. The molecule has 0 aliphatic carbocycles. The molecule has 138 valence electrons. The van der Waals surface area contributed by atoms with Gasteiger partial charge in [0.2, 0.25) is 0 Å². The van der Waals surface area contributed by atoms with Crippen LogP contribution in [0.5, 0.6) is 5.75 Å². The highest BCUT2D eigenvalue weighted by Gasteiger charge is 2.10. The summed E-state index contributed by atoms with van der Waals surface area (Å²) in [5.41, 5.74) is 3.81. The summed E-state index contributed by atoms with van der Waals surface area (Å²) >= 11 is 16.3. The number of nitrogens with one attached hydrogen (secondary N) is 1. The highest BCUT2D eigenvalue weighted by molar-refractivity contribution is 9.11. The van der Waals surface area contributed by atoms with E-state index in [2.05, 4.69) is 63.3 Å². The van der Waals surface area contributed by atoms with E-state index in [9.17, 15) is 4.79 Å². The van der Waals surface area contributed by atoms with Gasteiger partial charge in [0.05, 0.1) is 20.7 Å². The first-order valence-corrected chi connectivity index (χ1v) is 10.3. The van der Waals surface area contributed by atoms with Gasteiger partial charge in [-0.3, -0.25) is 4.79 Å². The van der Waals surface area contributed by atoms with Gasteiger partial charge in [-0.25, -0.2) is 10.4 Å². The molecule has 9 heteroatoms. The van der Waals surface area contributed by atoms with Crippen LogP contribution in [0.15, 0.2) is 61.0 Å². The number of carbonyl (C=O) groups is 1. The lowest BCUT2D eigenvalue weighted by Crippen LogP contribution is -2.24. The predicted molar refractivity (Wildman–Crippen MR) is 118 cm³/mol. The molecule has 1 heterocycles. The zero-order valence-electron chi connectivity index (χ0n) is 13.5. The molecule has 5 nitrogen and oxygen atoms in total. The predicted octanol–water partition coefficient (Wildman–Crippen LogP) is 5.70. The SMILES string of the molecule is O=C(COc1c(Br)cc(Br)cc1Br)N/N=C/c1cc2ccccc2nc1Cl. The van der Waals surface area contributed by atoms with Crippen LogP contribution in [0.25, 0.3) is 10.9 Å². The molecule has 2 aromatic carbocycles. The molecule has 0 fully saturated rings. The van der Waals surface area contributed by atoms with Gasteiger partial charge in [0.15, 0.2) is 6.61 Å². The van der Waals surface area contributed by atoms with E-state index in [4.69, 9.17) is 16.3 Å². The van der Waals surface area contributed by atoms with Crippen LogP contribution in [-0.4, -0.2) is 23.7 Å². The van der Waals surface area contributed by atoms with Crippen LogP contribution < -0.4 is 10.2 Å². The number of amides is 1. The van der Waals surface area contributed by atoms with Crippen molar-refractivity contribution in [1.82, 2.24) is 10.4 Å². The van der Waals surface area contributed by atoms with E-state index in [-0.39, 0.29) is 6.61 Å². The highest BCUT2D eigenvalue weighted by atomic mass is 79.9. The van der Waals surface area contributed by atoms with Gasteiger partial charge in [-0.1, -0.05) is 45.7 Å². The van der Waals surface area contributed by atoms with Crippen molar-refractivity contribution in [3.8, 4) is 5.75 Å². The summed E-state index contributed by atoms with van der Waals surface area (Å²) in [7, 11) is 0. The number of hydrazone groups is 1. The molecule has 0 spiro atoms. The number of hydrogen-bond acceptors (Lipinski definition) is 4. The fourth-order valence-electron chi connectivity index (χ4n) is 2.21. The van der Waals surface area contributed by atoms with E-state index in [0.717, 1.165) is 15.4 Å². The molecule has 27 heavy (non-hydrogen) atoms. The molecule has 0 aliphatic heterocycles. The fraction of sp³-hybridized carbons (Fsp3) is 0.0556. The van der Waals surface area contributed by atoms with Gasteiger partial charge in [0, 0.05) is 15.4 Å². The second-order valence-electron chi connectivity index (χ2n) is 5.34. The van der Waals surface area contributed by atoms with Crippen molar-refractivity contribution in [3.63, 3.8) is 0 Å². The van der Waals surface area contributed by atoms with Gasteiger partial charge in [-0.2, -0.15) is 5.10 Å². The van der Waals surface area contributed by atoms with Crippen molar-refractivity contribution in [3.05, 3.63) is 66.6 Å². The number of pyridine rings is 1. The normalized spacial score (nSPS) is 11.1. The van der Waals surface area contributed by atoms with Crippen LogP contribution in [0.4, 0.5) is 0 Å². The van der Waals surface area contributed by atoms with Crippen molar-refractivity contribution >= 4 is 82.4 Å². The number of hydrogen-bond donors (Lipinski definition) is 1. The third-order valence-corrected chi connectivity index (χ3v) is 5.35. The summed E-state index contributed by atoms with van der Waals surface area (Å²) in [4.78, 5) is 16.3. The first-order valence-electron chi connectivity index (χ1n) is 7.58. The Labute approximate surface area is 185 Å². The third-order valence-electron chi connectivity index (χ3n) is 3.41. The van der Waals surface area contributed by atoms with Crippen molar-refractivity contribution in [2.75, 3.05) is 6.61 Å². The molecule has 1 amide bonds. The second kappa shape index (κ2) is 9.14. The van der Waals surface area contributed by atoms with Crippen LogP contribution in [-0.2, 0) is 4.79 Å². The molecular formula is C18H11Br3ClN3O2. The van der Waals surface area contributed by atoms with Gasteiger partial charge >= 0.3 is 0 Å². The lowest BCUT2D eigenvalue weighted by Gasteiger charge is -2.10. The molecule has 1 N–H and O–H groups in total. The van der Waals surface area contributed by atoms with Gasteiger partial charge in [-0.15, -0.1) is 0 Å². The zero-order chi connectivity index (χ0) is 19.4. The van der Waals surface area contributed by atoms with E-state index in [1.165, 1.54) is 6.21 Å². The van der Waals surface area contributed by atoms with E-state index < -0.39 is 5.91 Å². The second-order valence-corrected chi connectivity index (χ2v) is 8.32. The molecule has 3 rings (SSSR count). The molecular weight excluding hydrogens is 565 g/mol. The topological polar surface area (TPSA) is 63.6 Å². The number of ether oxygens (including phenoxy) is 1. The lowest BCUT2D eigenvalue weighted by molar-refractivity contribution is -0.123. The highest BCUT2D eigenvalue weighted by Crippen LogP contribution is 2.36. The Kier molecular flexibility index (Phi) is 6.86. The third kappa shape index (κ3) is 5.28. The number of aromatic nitrogens is 1. The molecule has 0 bridgehead atoms. The Morgan fingerprint density at radius 3 is 2.63 bits per heavy atom. The number of benzene rings is 2. The smallest absolute Gasteiger partial charge is 0.277 e. The summed E-state index contributed by atoms with van der Waals surface area (Å²) in [6, 6.07) is 13.1. The Hall–Kier alpha value is -1.48. The molecule has 3 aromatic rings. The average molecular weight is 576 g/mol. The van der Waals surface area contributed by atoms with Crippen LogP contribution in [0.1, 0.15) is 5.56 Å². The monoisotopic (exact) mass is 573 g/mol. The molecule has 0 saturated carbocycles. The van der Waals surface area contributed by atoms with E-state index in [1.807, 2.05) is 42.5 Å². The summed E-state index contributed by atoms with van der Waals surface area (Å²) < 4.78 is 7.84. The maximum Gasteiger partial charge on any atom is 0.277 e. The quantitative estimate of drug-likeness (QED) is 0.241. The fourth-order valence-corrected chi connectivity index (χ4v) is 4.89. The summed E-state index contributed by atoms with van der Waals surface area (Å²) in [5.74, 6) is 0.122. The number of para-hydroxylation sites is 1. The minimum Gasteiger partial charge on any atom is -0.481 e. The van der Waals surface area contributed by atoms with Crippen LogP contribution in [0.2, 0.25) is 5.15 Å². The first-order chi connectivity index (χ1) is 12.9. The standard InChI is InChI=1S/C18H11Br3ClN3O2/c19-12-6-13(20)17(14(21)7-12)27-9-16(26)25-23-8-11-5-10-3-1-2-4-15(10)24-18(11)22/h1-8H,9H2,(H,25,26)/b23-8+. The summed E-state index contributed by atoms with van der Waals surface area (Å²) in [5, 5.41) is 5.16. The lowest BCUT2D eigenvalue weighted by atomic mass is 10.2. The summed E-state index contributed by atoms with van der Waals surface area (Å²) in [6.45, 7) is -0.195. The largest absolute Gasteiger partial charge is 0.481 e. The molecule has 0 saturated heterocycles. The van der Waals surface area contributed by atoms with Gasteiger partial charge in [0.1, 0.15) is 10.9 Å². The Bertz CT molecular complexity index is 1020. The summed E-state index contributed by atoms with van der Waals surface area (Å²) in [6.07, 6.45) is 1.45. The van der Waals surface area contributed by atoms with Gasteiger partial charge in [0.25, 0.3) is 5.91 Å². The maximum atomic E-state index is 12.0. The van der Waals surface area contributed by atoms with Gasteiger partial charge in [-0.05, 0) is 56.1 Å². The van der Waals surface area contributed by atoms with Gasteiger partial charge < -0.3 is 4.74 Å². The number of fused-ring (bicyclic) bond motifs is 1. The Balaban J connectivity index is 1.62.